The van der Waals surface area contributed by atoms with Crippen molar-refractivity contribution in [3.63, 3.8) is 0 Å². The van der Waals surface area contributed by atoms with Gasteiger partial charge in [0.2, 0.25) is 0 Å². The molecule has 1 aliphatic heterocycles. The Hall–Kier alpha value is -3.23. The number of benzene rings is 2. The number of amides is 2. The van der Waals surface area contributed by atoms with Crippen molar-refractivity contribution in [2.45, 2.75) is 0 Å². The van der Waals surface area contributed by atoms with Gasteiger partial charge in [0, 0.05) is 12.8 Å². The maximum Gasteiger partial charge on any atom is 0.278 e. The van der Waals surface area contributed by atoms with E-state index in [1.165, 1.54) is 28.4 Å². The highest BCUT2D eigenvalue weighted by molar-refractivity contribution is 6.36. The van der Waals surface area contributed by atoms with E-state index in [1.54, 1.807) is 36.4 Å². The molecule has 0 saturated carbocycles. The van der Waals surface area contributed by atoms with E-state index in [4.69, 9.17) is 30.5 Å². The molecule has 0 radical (unpaired) electrons. The van der Waals surface area contributed by atoms with Gasteiger partial charge in [-0.2, -0.15) is 0 Å². The second-order valence-corrected chi connectivity index (χ2v) is 6.96. The van der Waals surface area contributed by atoms with Gasteiger partial charge >= 0.3 is 0 Å². The number of halogens is 1. The Morgan fingerprint density at radius 1 is 0.871 bits per heavy atom. The third kappa shape index (κ3) is 4.45. The van der Waals surface area contributed by atoms with E-state index in [1.807, 2.05) is 0 Å². The molecule has 0 saturated heterocycles. The third-order valence-corrected chi connectivity index (χ3v) is 5.08. The summed E-state index contributed by atoms with van der Waals surface area (Å²) in [6.45, 7) is 0.345. The van der Waals surface area contributed by atoms with Crippen LogP contribution in [0.25, 0.3) is 5.57 Å². The van der Waals surface area contributed by atoms with Gasteiger partial charge in [0.25, 0.3) is 11.8 Å². The molecule has 8 nitrogen and oxygen atoms in total. The molecule has 0 aromatic heterocycles. The Morgan fingerprint density at radius 3 is 2.16 bits per heavy atom. The molecule has 1 N–H and O–H groups in total. The molecule has 2 aromatic rings. The summed E-state index contributed by atoms with van der Waals surface area (Å²) in [7, 11) is 6.04. The van der Waals surface area contributed by atoms with Gasteiger partial charge in [-0.05, 0) is 35.9 Å². The smallest absolute Gasteiger partial charge is 0.278 e. The molecule has 0 atom stereocenters. The normalized spacial score (nSPS) is 13.6. The second kappa shape index (κ2) is 9.72. The van der Waals surface area contributed by atoms with Gasteiger partial charge in [-0.15, -0.1) is 0 Å². The van der Waals surface area contributed by atoms with Crippen LogP contribution in [-0.2, 0) is 14.3 Å². The molecule has 164 valence electrons. The molecular weight excluding hydrogens is 424 g/mol. The predicted molar refractivity (Wildman–Crippen MR) is 117 cm³/mol. The fraction of sp³-hybridized carbons (Fsp3) is 0.273. The lowest BCUT2D eigenvalue weighted by atomic mass is 10.0. The lowest BCUT2D eigenvalue weighted by Crippen LogP contribution is -2.35. The molecule has 0 spiro atoms. The number of carbonyl (C=O) groups is 2. The number of carbonyl (C=O) groups excluding carboxylic acids is 2. The van der Waals surface area contributed by atoms with Gasteiger partial charge in [-0.1, -0.05) is 17.7 Å². The molecule has 1 aliphatic rings. The second-order valence-electron chi connectivity index (χ2n) is 6.55. The fourth-order valence-electron chi connectivity index (χ4n) is 3.23. The number of methoxy groups -OCH3 is 4. The van der Waals surface area contributed by atoms with Gasteiger partial charge in [-0.25, -0.2) is 0 Å². The Kier molecular flexibility index (Phi) is 7.04. The summed E-state index contributed by atoms with van der Waals surface area (Å²) in [6, 6.07) is 10.0. The number of hydrogen-bond donors (Lipinski definition) is 1. The van der Waals surface area contributed by atoms with E-state index in [-0.39, 0.29) is 24.4 Å². The van der Waals surface area contributed by atoms with E-state index >= 15 is 0 Å². The topological polar surface area (TPSA) is 86.3 Å². The highest BCUT2D eigenvalue weighted by Gasteiger charge is 2.39. The lowest BCUT2D eigenvalue weighted by molar-refractivity contribution is -0.137. The summed E-state index contributed by atoms with van der Waals surface area (Å²) in [5.41, 5.74) is 1.40. The average molecular weight is 447 g/mol. The van der Waals surface area contributed by atoms with Crippen LogP contribution in [0.2, 0.25) is 5.02 Å². The van der Waals surface area contributed by atoms with Crippen LogP contribution in [0.15, 0.2) is 42.1 Å². The standard InChI is InChI=1S/C22H23ClN2O6/c1-28-10-9-25-21(26)19(13-5-7-17(30-3)18(11-13)31-4)20(22(25)27)24-14-6-8-16(29-2)15(23)12-14/h5-8,11-12,24H,9-10H2,1-4H3. The molecule has 0 fully saturated rings. The zero-order valence-corrected chi connectivity index (χ0v) is 18.4. The average Bonchev–Trinajstić information content (AvgIpc) is 3.01. The van der Waals surface area contributed by atoms with Crippen LogP contribution in [0.1, 0.15) is 5.56 Å². The lowest BCUT2D eigenvalue weighted by Gasteiger charge is -2.14. The quantitative estimate of drug-likeness (QED) is 0.592. The van der Waals surface area contributed by atoms with E-state index in [2.05, 4.69) is 5.32 Å². The summed E-state index contributed by atoms with van der Waals surface area (Å²) < 4.78 is 20.8. The molecule has 3 rings (SSSR count). The summed E-state index contributed by atoms with van der Waals surface area (Å²) in [5.74, 6) is 0.554. The van der Waals surface area contributed by atoms with E-state index in [0.29, 0.717) is 33.5 Å². The molecule has 0 aliphatic carbocycles. The van der Waals surface area contributed by atoms with Crippen molar-refractivity contribution in [2.75, 3.05) is 46.9 Å². The Labute approximate surface area is 185 Å². The number of ether oxygens (including phenoxy) is 4. The van der Waals surface area contributed by atoms with Crippen LogP contribution in [0.3, 0.4) is 0 Å². The van der Waals surface area contributed by atoms with Crippen molar-refractivity contribution in [1.29, 1.82) is 0 Å². The minimum Gasteiger partial charge on any atom is -0.495 e. The summed E-state index contributed by atoms with van der Waals surface area (Å²) in [4.78, 5) is 27.4. The van der Waals surface area contributed by atoms with Crippen molar-refractivity contribution >= 4 is 34.7 Å². The monoisotopic (exact) mass is 446 g/mol. The third-order valence-electron chi connectivity index (χ3n) is 4.78. The van der Waals surface area contributed by atoms with Crippen molar-refractivity contribution in [1.82, 2.24) is 4.90 Å². The van der Waals surface area contributed by atoms with Crippen molar-refractivity contribution < 1.29 is 28.5 Å². The van der Waals surface area contributed by atoms with Gasteiger partial charge < -0.3 is 24.3 Å². The van der Waals surface area contributed by atoms with Crippen LogP contribution in [0, 0.1) is 0 Å². The van der Waals surface area contributed by atoms with Crippen molar-refractivity contribution in [3.05, 3.63) is 52.7 Å². The molecule has 2 aromatic carbocycles. The number of anilines is 1. The zero-order chi connectivity index (χ0) is 22.5. The summed E-state index contributed by atoms with van der Waals surface area (Å²) in [6.07, 6.45) is 0. The molecule has 2 amide bonds. The molecule has 0 bridgehead atoms. The largest absolute Gasteiger partial charge is 0.495 e. The van der Waals surface area contributed by atoms with Gasteiger partial charge in [0.15, 0.2) is 11.5 Å². The minimum atomic E-state index is -0.459. The maximum atomic E-state index is 13.2. The van der Waals surface area contributed by atoms with Crippen molar-refractivity contribution in [3.8, 4) is 17.2 Å². The number of hydrogen-bond acceptors (Lipinski definition) is 7. The first-order valence-corrected chi connectivity index (χ1v) is 9.75. The molecule has 9 heteroatoms. The van der Waals surface area contributed by atoms with Crippen LogP contribution >= 0.6 is 11.6 Å². The highest BCUT2D eigenvalue weighted by atomic mass is 35.5. The van der Waals surface area contributed by atoms with E-state index in [9.17, 15) is 9.59 Å². The van der Waals surface area contributed by atoms with Crippen LogP contribution in [0.4, 0.5) is 5.69 Å². The van der Waals surface area contributed by atoms with Crippen molar-refractivity contribution in [2.24, 2.45) is 0 Å². The Morgan fingerprint density at radius 2 is 1.55 bits per heavy atom. The first kappa shape index (κ1) is 22.5. The number of imide groups is 1. The zero-order valence-electron chi connectivity index (χ0n) is 17.7. The summed E-state index contributed by atoms with van der Waals surface area (Å²) in [5, 5.41) is 3.42. The Bertz CT molecular complexity index is 1040. The SMILES string of the molecule is COCCN1C(=O)C(Nc2ccc(OC)c(Cl)c2)=C(c2ccc(OC)c(OC)c2)C1=O. The van der Waals surface area contributed by atoms with Gasteiger partial charge in [-0.3, -0.25) is 14.5 Å². The van der Waals surface area contributed by atoms with E-state index < -0.39 is 11.8 Å². The number of nitrogens with zero attached hydrogens (tertiary/aromatic N) is 1. The van der Waals surface area contributed by atoms with Crippen LogP contribution in [0.5, 0.6) is 17.2 Å². The van der Waals surface area contributed by atoms with Gasteiger partial charge in [0.05, 0.1) is 45.1 Å². The molecule has 0 unspecified atom stereocenters. The summed E-state index contributed by atoms with van der Waals surface area (Å²) >= 11 is 6.21. The first-order chi connectivity index (χ1) is 14.9. The Balaban J connectivity index is 2.08. The predicted octanol–water partition coefficient (Wildman–Crippen LogP) is 3.20. The van der Waals surface area contributed by atoms with Gasteiger partial charge in [0.1, 0.15) is 11.4 Å². The fourth-order valence-corrected chi connectivity index (χ4v) is 3.48. The first-order valence-electron chi connectivity index (χ1n) is 9.37. The van der Waals surface area contributed by atoms with Crippen LogP contribution < -0.4 is 19.5 Å². The highest BCUT2D eigenvalue weighted by Crippen LogP contribution is 2.36. The number of rotatable bonds is 9. The minimum absolute atomic E-state index is 0.125. The number of nitrogens with one attached hydrogen (secondary N) is 1. The molecule has 31 heavy (non-hydrogen) atoms. The van der Waals surface area contributed by atoms with Crippen LogP contribution in [-0.4, -0.2) is 58.3 Å². The molecular formula is C22H23ClN2O6. The van der Waals surface area contributed by atoms with E-state index in [0.717, 1.165) is 4.90 Å². The maximum absolute atomic E-state index is 13.2. The molecule has 1 heterocycles.